The minimum Gasteiger partial charge on any atom is -0.325 e. The molecule has 0 spiro atoms. The van der Waals surface area contributed by atoms with Crippen LogP contribution in [0.3, 0.4) is 0 Å². The van der Waals surface area contributed by atoms with E-state index in [1.807, 2.05) is 0 Å². The standard InChI is InChI=1S/C15H20BrN/c16-14-10-11(5-6-15(17)7-8-15)9-12-3-1-2-4-13(12)14/h9-10H,1-8,17H2. The van der Waals surface area contributed by atoms with Gasteiger partial charge in [-0.2, -0.15) is 0 Å². The average molecular weight is 294 g/mol. The van der Waals surface area contributed by atoms with Crippen molar-refractivity contribution in [3.8, 4) is 0 Å². The second kappa shape index (κ2) is 4.40. The molecule has 1 saturated carbocycles. The van der Waals surface area contributed by atoms with Crippen LogP contribution in [-0.4, -0.2) is 5.54 Å². The molecule has 2 aliphatic carbocycles. The molecule has 0 aromatic heterocycles. The van der Waals surface area contributed by atoms with Gasteiger partial charge in [-0.05, 0) is 74.1 Å². The van der Waals surface area contributed by atoms with Crippen LogP contribution in [-0.2, 0) is 19.3 Å². The van der Waals surface area contributed by atoms with Crippen LogP contribution in [0.15, 0.2) is 16.6 Å². The topological polar surface area (TPSA) is 26.0 Å². The van der Waals surface area contributed by atoms with Gasteiger partial charge in [-0.25, -0.2) is 0 Å². The predicted octanol–water partition coefficient (Wildman–Crippen LogP) is 3.75. The number of hydrogen-bond acceptors (Lipinski definition) is 1. The quantitative estimate of drug-likeness (QED) is 0.902. The molecule has 17 heavy (non-hydrogen) atoms. The molecule has 0 amide bonds. The summed E-state index contributed by atoms with van der Waals surface area (Å²) < 4.78 is 1.33. The second-order valence-electron chi connectivity index (χ2n) is 5.78. The van der Waals surface area contributed by atoms with Gasteiger partial charge in [0.25, 0.3) is 0 Å². The van der Waals surface area contributed by atoms with Gasteiger partial charge in [0.15, 0.2) is 0 Å². The van der Waals surface area contributed by atoms with Gasteiger partial charge in [0.05, 0.1) is 0 Å². The Bertz CT molecular complexity index is 435. The molecule has 3 rings (SSSR count). The van der Waals surface area contributed by atoms with Crippen molar-refractivity contribution in [1.29, 1.82) is 0 Å². The Hall–Kier alpha value is -0.340. The molecule has 92 valence electrons. The molecular formula is C15H20BrN. The molecule has 0 radical (unpaired) electrons. The Kier molecular flexibility index (Phi) is 3.04. The van der Waals surface area contributed by atoms with Crippen molar-refractivity contribution >= 4 is 15.9 Å². The maximum atomic E-state index is 6.16. The van der Waals surface area contributed by atoms with E-state index in [1.165, 1.54) is 48.6 Å². The van der Waals surface area contributed by atoms with E-state index in [0.717, 1.165) is 12.8 Å². The van der Waals surface area contributed by atoms with E-state index >= 15 is 0 Å². The number of fused-ring (bicyclic) bond motifs is 1. The Balaban J connectivity index is 1.78. The van der Waals surface area contributed by atoms with Gasteiger partial charge in [0.1, 0.15) is 0 Å². The average Bonchev–Trinajstić information content (AvgIpc) is 3.06. The van der Waals surface area contributed by atoms with E-state index in [-0.39, 0.29) is 5.54 Å². The van der Waals surface area contributed by atoms with Crippen LogP contribution < -0.4 is 5.73 Å². The lowest BCUT2D eigenvalue weighted by atomic mass is 9.89. The summed E-state index contributed by atoms with van der Waals surface area (Å²) in [5.74, 6) is 0. The van der Waals surface area contributed by atoms with Crippen LogP contribution >= 0.6 is 15.9 Å². The molecule has 0 atom stereocenters. The monoisotopic (exact) mass is 293 g/mol. The highest BCUT2D eigenvalue weighted by atomic mass is 79.9. The highest BCUT2D eigenvalue weighted by Gasteiger charge is 2.37. The van der Waals surface area contributed by atoms with Crippen LogP contribution in [0, 0.1) is 0 Å². The fourth-order valence-electron chi connectivity index (χ4n) is 2.82. The smallest absolute Gasteiger partial charge is 0.0212 e. The highest BCUT2D eigenvalue weighted by molar-refractivity contribution is 9.10. The predicted molar refractivity (Wildman–Crippen MR) is 75.3 cm³/mol. The molecule has 0 heterocycles. The number of nitrogens with two attached hydrogens (primary N) is 1. The van der Waals surface area contributed by atoms with Crippen LogP contribution in [0.5, 0.6) is 0 Å². The van der Waals surface area contributed by atoms with Gasteiger partial charge in [-0.3, -0.25) is 0 Å². The van der Waals surface area contributed by atoms with Crippen LogP contribution in [0.2, 0.25) is 0 Å². The Labute approximate surface area is 112 Å². The fourth-order valence-corrected chi connectivity index (χ4v) is 3.57. The summed E-state index contributed by atoms with van der Waals surface area (Å²) in [4.78, 5) is 0. The van der Waals surface area contributed by atoms with E-state index in [9.17, 15) is 0 Å². The van der Waals surface area contributed by atoms with Crippen molar-refractivity contribution in [2.45, 2.75) is 56.9 Å². The van der Waals surface area contributed by atoms with Gasteiger partial charge < -0.3 is 5.73 Å². The summed E-state index contributed by atoms with van der Waals surface area (Å²) in [5, 5.41) is 0. The van der Waals surface area contributed by atoms with Gasteiger partial charge in [-0.1, -0.05) is 22.0 Å². The minimum atomic E-state index is 0.183. The summed E-state index contributed by atoms with van der Waals surface area (Å²) in [6.07, 6.45) is 9.94. The van der Waals surface area contributed by atoms with Crippen molar-refractivity contribution in [2.24, 2.45) is 5.73 Å². The minimum absolute atomic E-state index is 0.183. The zero-order chi connectivity index (χ0) is 11.9. The van der Waals surface area contributed by atoms with Crippen LogP contribution in [0.25, 0.3) is 0 Å². The van der Waals surface area contributed by atoms with E-state index < -0.39 is 0 Å². The third-order valence-electron chi connectivity index (χ3n) is 4.27. The summed E-state index contributed by atoms with van der Waals surface area (Å²) in [5.41, 5.74) is 10.9. The largest absolute Gasteiger partial charge is 0.325 e. The molecule has 2 heteroatoms. The fraction of sp³-hybridized carbons (Fsp3) is 0.600. The first-order valence-corrected chi connectivity index (χ1v) is 7.55. The van der Waals surface area contributed by atoms with E-state index in [0.29, 0.717) is 0 Å². The normalized spacial score (nSPS) is 21.1. The molecule has 1 fully saturated rings. The van der Waals surface area contributed by atoms with Crippen molar-refractivity contribution in [3.05, 3.63) is 33.3 Å². The lowest BCUT2D eigenvalue weighted by Gasteiger charge is -2.19. The van der Waals surface area contributed by atoms with Crippen LogP contribution in [0.1, 0.15) is 48.8 Å². The van der Waals surface area contributed by atoms with Gasteiger partial charge in [-0.15, -0.1) is 0 Å². The lowest BCUT2D eigenvalue weighted by Crippen LogP contribution is -2.22. The Morgan fingerprint density at radius 2 is 1.94 bits per heavy atom. The first-order valence-electron chi connectivity index (χ1n) is 6.75. The third-order valence-corrected chi connectivity index (χ3v) is 4.98. The summed E-state index contributed by atoms with van der Waals surface area (Å²) in [7, 11) is 0. The number of rotatable bonds is 3. The summed E-state index contributed by atoms with van der Waals surface area (Å²) >= 11 is 3.74. The molecule has 0 unspecified atom stereocenters. The number of aryl methyl sites for hydroxylation is 2. The molecule has 0 bridgehead atoms. The first-order chi connectivity index (χ1) is 8.16. The zero-order valence-corrected chi connectivity index (χ0v) is 11.9. The molecular weight excluding hydrogens is 274 g/mol. The lowest BCUT2D eigenvalue weighted by molar-refractivity contribution is 0.607. The molecule has 1 nitrogen and oxygen atoms in total. The maximum Gasteiger partial charge on any atom is 0.0212 e. The number of hydrogen-bond donors (Lipinski definition) is 1. The zero-order valence-electron chi connectivity index (χ0n) is 10.3. The maximum absolute atomic E-state index is 6.16. The van der Waals surface area contributed by atoms with Gasteiger partial charge in [0.2, 0.25) is 0 Å². The first kappa shape index (κ1) is 11.7. The third kappa shape index (κ3) is 2.58. The van der Waals surface area contributed by atoms with Gasteiger partial charge >= 0.3 is 0 Å². The van der Waals surface area contributed by atoms with E-state index in [2.05, 4.69) is 28.1 Å². The summed E-state index contributed by atoms with van der Waals surface area (Å²) in [6.45, 7) is 0. The molecule has 0 saturated heterocycles. The van der Waals surface area contributed by atoms with E-state index in [4.69, 9.17) is 5.73 Å². The van der Waals surface area contributed by atoms with Crippen molar-refractivity contribution in [1.82, 2.24) is 0 Å². The van der Waals surface area contributed by atoms with E-state index in [1.54, 1.807) is 11.1 Å². The highest BCUT2D eigenvalue weighted by Crippen LogP contribution is 2.37. The second-order valence-corrected chi connectivity index (χ2v) is 6.64. The van der Waals surface area contributed by atoms with Crippen LogP contribution in [0.4, 0.5) is 0 Å². The molecule has 1 aromatic rings. The Morgan fingerprint density at radius 3 is 2.71 bits per heavy atom. The number of halogens is 1. The van der Waals surface area contributed by atoms with Crippen molar-refractivity contribution < 1.29 is 0 Å². The molecule has 2 N–H and O–H groups in total. The molecule has 2 aliphatic rings. The summed E-state index contributed by atoms with van der Waals surface area (Å²) in [6, 6.07) is 4.74. The Morgan fingerprint density at radius 1 is 1.18 bits per heavy atom. The molecule has 0 aliphatic heterocycles. The number of benzene rings is 1. The molecule has 1 aromatic carbocycles. The van der Waals surface area contributed by atoms with Gasteiger partial charge in [0, 0.05) is 10.0 Å². The van der Waals surface area contributed by atoms with Crippen molar-refractivity contribution in [2.75, 3.05) is 0 Å². The SMILES string of the molecule is NC1(CCc2cc(Br)c3c(c2)CCCC3)CC1. The van der Waals surface area contributed by atoms with Crippen molar-refractivity contribution in [3.63, 3.8) is 0 Å².